The molecule has 0 N–H and O–H groups in total. The van der Waals surface area contributed by atoms with Crippen molar-refractivity contribution in [2.45, 2.75) is 51.0 Å². The molecular weight excluding hydrogens is 220 g/mol. The van der Waals surface area contributed by atoms with Crippen molar-refractivity contribution in [1.82, 2.24) is 0 Å². The smallest absolute Gasteiger partial charge is 0.316 e. The van der Waals surface area contributed by atoms with Gasteiger partial charge in [-0.05, 0) is 39.0 Å². The lowest BCUT2D eigenvalue weighted by Gasteiger charge is -2.54. The molecule has 3 fully saturated rings. The summed E-state index contributed by atoms with van der Waals surface area (Å²) in [6.07, 6.45) is 5.27. The van der Waals surface area contributed by atoms with E-state index in [4.69, 9.17) is 9.47 Å². The van der Waals surface area contributed by atoms with E-state index < -0.39 is 11.0 Å². The van der Waals surface area contributed by atoms with E-state index in [1.807, 2.05) is 6.92 Å². The highest BCUT2D eigenvalue weighted by molar-refractivity contribution is 5.89. The summed E-state index contributed by atoms with van der Waals surface area (Å²) in [7, 11) is 0. The van der Waals surface area contributed by atoms with Crippen molar-refractivity contribution in [2.24, 2.45) is 11.3 Å². The van der Waals surface area contributed by atoms with Crippen LogP contribution in [-0.2, 0) is 19.1 Å². The highest BCUT2D eigenvalue weighted by Crippen LogP contribution is 2.65. The van der Waals surface area contributed by atoms with Crippen molar-refractivity contribution in [3.8, 4) is 0 Å². The van der Waals surface area contributed by atoms with Gasteiger partial charge >= 0.3 is 11.9 Å². The third-order valence-corrected chi connectivity index (χ3v) is 4.87. The fourth-order valence-corrected chi connectivity index (χ4v) is 4.10. The fraction of sp³-hybridized carbons (Fsp3) is 0.846. The summed E-state index contributed by atoms with van der Waals surface area (Å²) >= 11 is 0. The zero-order chi connectivity index (χ0) is 12.1. The lowest BCUT2D eigenvalue weighted by Crippen LogP contribution is -2.66. The van der Waals surface area contributed by atoms with Crippen LogP contribution in [0.5, 0.6) is 0 Å². The van der Waals surface area contributed by atoms with Crippen molar-refractivity contribution in [2.75, 3.05) is 6.61 Å². The van der Waals surface area contributed by atoms with Crippen molar-refractivity contribution in [3.05, 3.63) is 0 Å². The molecule has 0 aromatic heterocycles. The first-order valence-electron chi connectivity index (χ1n) is 6.56. The number of rotatable bonds is 2. The van der Waals surface area contributed by atoms with E-state index in [9.17, 15) is 9.59 Å². The molecule has 2 saturated carbocycles. The first kappa shape index (κ1) is 11.1. The Morgan fingerprint density at radius 1 is 1.41 bits per heavy atom. The van der Waals surface area contributed by atoms with Crippen LogP contribution >= 0.6 is 0 Å². The molecule has 0 amide bonds. The Labute approximate surface area is 101 Å². The van der Waals surface area contributed by atoms with E-state index in [-0.39, 0.29) is 17.9 Å². The number of carbonyl (C=O) groups excluding carboxylic acids is 2. The summed E-state index contributed by atoms with van der Waals surface area (Å²) in [4.78, 5) is 23.8. The predicted octanol–water partition coefficient (Wildman–Crippen LogP) is 1.82. The molecule has 0 radical (unpaired) electrons. The van der Waals surface area contributed by atoms with Crippen molar-refractivity contribution >= 4 is 11.9 Å². The molecule has 4 heteroatoms. The zero-order valence-corrected chi connectivity index (χ0v) is 10.2. The van der Waals surface area contributed by atoms with Gasteiger partial charge in [0.15, 0.2) is 0 Å². The Hall–Kier alpha value is -1.06. The molecule has 3 rings (SSSR count). The van der Waals surface area contributed by atoms with Gasteiger partial charge in [0.25, 0.3) is 0 Å². The standard InChI is InChI=1S/C13H18O4/c1-2-16-11(15)12-6-3-4-7-13(12)9(5-8-12)10(14)17-13/h9H,2-8H2,1H3/t9-,12+,13+/m1/s1. The molecule has 1 saturated heterocycles. The van der Waals surface area contributed by atoms with Gasteiger partial charge in [-0.15, -0.1) is 0 Å². The summed E-state index contributed by atoms with van der Waals surface area (Å²) < 4.78 is 10.7. The maximum atomic E-state index is 12.3. The summed E-state index contributed by atoms with van der Waals surface area (Å²) in [6.45, 7) is 2.22. The first-order chi connectivity index (χ1) is 8.16. The van der Waals surface area contributed by atoms with Gasteiger partial charge in [0.05, 0.1) is 12.5 Å². The molecule has 17 heavy (non-hydrogen) atoms. The summed E-state index contributed by atoms with van der Waals surface area (Å²) in [5.41, 5.74) is -1.03. The van der Waals surface area contributed by atoms with Crippen molar-refractivity contribution in [3.63, 3.8) is 0 Å². The number of ether oxygens (including phenoxy) is 2. The van der Waals surface area contributed by atoms with Gasteiger partial charge in [-0.3, -0.25) is 9.59 Å². The van der Waals surface area contributed by atoms with E-state index in [0.29, 0.717) is 6.61 Å². The van der Waals surface area contributed by atoms with E-state index >= 15 is 0 Å². The Balaban J connectivity index is 1.96. The van der Waals surface area contributed by atoms with Gasteiger partial charge in [-0.1, -0.05) is 6.42 Å². The van der Waals surface area contributed by atoms with Crippen LogP contribution in [0.15, 0.2) is 0 Å². The topological polar surface area (TPSA) is 52.6 Å². The number of hydrogen-bond acceptors (Lipinski definition) is 4. The van der Waals surface area contributed by atoms with Crippen LogP contribution in [-0.4, -0.2) is 24.1 Å². The van der Waals surface area contributed by atoms with Gasteiger partial charge in [-0.2, -0.15) is 0 Å². The third-order valence-electron chi connectivity index (χ3n) is 4.87. The molecule has 3 aliphatic rings. The quantitative estimate of drug-likeness (QED) is 0.688. The lowest BCUT2D eigenvalue weighted by atomic mass is 9.60. The van der Waals surface area contributed by atoms with Gasteiger partial charge in [-0.25, -0.2) is 0 Å². The highest BCUT2D eigenvalue weighted by Gasteiger charge is 2.75. The molecule has 94 valence electrons. The molecule has 0 aromatic carbocycles. The summed E-state index contributed by atoms with van der Waals surface area (Å²) in [5, 5.41) is 0. The highest BCUT2D eigenvalue weighted by atomic mass is 16.6. The second kappa shape index (κ2) is 3.47. The maximum absolute atomic E-state index is 12.3. The molecule has 1 spiro atoms. The minimum absolute atomic E-state index is 0.0489. The fourth-order valence-electron chi connectivity index (χ4n) is 4.10. The molecule has 2 aliphatic carbocycles. The molecule has 0 unspecified atom stereocenters. The lowest BCUT2D eigenvalue weighted by molar-refractivity contribution is -0.241. The predicted molar refractivity (Wildman–Crippen MR) is 59.1 cm³/mol. The van der Waals surface area contributed by atoms with E-state index in [1.165, 1.54) is 0 Å². The first-order valence-corrected chi connectivity index (χ1v) is 6.56. The second-order valence-corrected chi connectivity index (χ2v) is 5.41. The molecule has 3 atom stereocenters. The number of esters is 2. The summed E-state index contributed by atoms with van der Waals surface area (Å²) in [6, 6.07) is 0. The Kier molecular flexibility index (Phi) is 2.25. The van der Waals surface area contributed by atoms with Gasteiger partial charge in [0, 0.05) is 0 Å². The minimum Gasteiger partial charge on any atom is -0.465 e. The maximum Gasteiger partial charge on any atom is 0.316 e. The van der Waals surface area contributed by atoms with Gasteiger partial charge in [0.2, 0.25) is 0 Å². The SMILES string of the molecule is CCOC(=O)[C@@]12CCCC[C@@]13OC(=O)[C@H]3CC2. The van der Waals surface area contributed by atoms with Gasteiger partial charge in [0.1, 0.15) is 11.0 Å². The minimum atomic E-state index is -0.528. The number of hydrogen-bond donors (Lipinski definition) is 0. The van der Waals surface area contributed by atoms with Crippen LogP contribution in [0, 0.1) is 11.3 Å². The third kappa shape index (κ3) is 1.14. The molecule has 1 aliphatic heterocycles. The Bertz CT molecular complexity index is 378. The zero-order valence-electron chi connectivity index (χ0n) is 10.2. The van der Waals surface area contributed by atoms with Crippen molar-refractivity contribution < 1.29 is 19.1 Å². The van der Waals surface area contributed by atoms with E-state index in [2.05, 4.69) is 0 Å². The number of carbonyl (C=O) groups is 2. The van der Waals surface area contributed by atoms with Crippen LogP contribution in [0.25, 0.3) is 0 Å². The molecular formula is C13H18O4. The molecule has 4 nitrogen and oxygen atoms in total. The van der Waals surface area contributed by atoms with Gasteiger partial charge < -0.3 is 9.47 Å². The molecule has 1 heterocycles. The largest absolute Gasteiger partial charge is 0.465 e. The van der Waals surface area contributed by atoms with E-state index in [0.717, 1.165) is 38.5 Å². The normalized spacial score (nSPS) is 43.1. The van der Waals surface area contributed by atoms with Crippen LogP contribution in [0.1, 0.15) is 45.4 Å². The van der Waals surface area contributed by atoms with Crippen LogP contribution < -0.4 is 0 Å². The monoisotopic (exact) mass is 238 g/mol. The van der Waals surface area contributed by atoms with E-state index in [1.54, 1.807) is 0 Å². The van der Waals surface area contributed by atoms with Crippen LogP contribution in [0.4, 0.5) is 0 Å². The van der Waals surface area contributed by atoms with Crippen molar-refractivity contribution in [1.29, 1.82) is 0 Å². The Morgan fingerprint density at radius 2 is 2.18 bits per heavy atom. The second-order valence-electron chi connectivity index (χ2n) is 5.41. The average Bonchev–Trinajstić information content (AvgIpc) is 2.58. The molecule has 0 bridgehead atoms. The average molecular weight is 238 g/mol. The van der Waals surface area contributed by atoms with Crippen LogP contribution in [0.2, 0.25) is 0 Å². The van der Waals surface area contributed by atoms with Crippen LogP contribution in [0.3, 0.4) is 0 Å². The molecule has 0 aromatic rings. The Morgan fingerprint density at radius 3 is 2.88 bits per heavy atom. The summed E-state index contributed by atoms with van der Waals surface area (Å²) in [5.74, 6) is -0.306.